The Morgan fingerprint density at radius 3 is 2.54 bits per heavy atom. The molecule has 0 amide bonds. The predicted octanol–water partition coefficient (Wildman–Crippen LogP) is 4.17. The lowest BCUT2D eigenvalue weighted by atomic mass is 10.2. The molecular formula is C19H17N5. The van der Waals surface area contributed by atoms with Gasteiger partial charge in [-0.25, -0.2) is 4.98 Å². The summed E-state index contributed by atoms with van der Waals surface area (Å²) in [6.45, 7) is 1.93. The Labute approximate surface area is 141 Å². The maximum absolute atomic E-state index is 9.01. The van der Waals surface area contributed by atoms with Crippen molar-refractivity contribution in [1.29, 1.82) is 5.26 Å². The minimum Gasteiger partial charge on any atom is -0.340 e. The van der Waals surface area contributed by atoms with Crippen molar-refractivity contribution in [3.63, 3.8) is 0 Å². The topological polar surface area (TPSA) is 64.8 Å². The summed E-state index contributed by atoms with van der Waals surface area (Å²) in [4.78, 5) is 11.0. The van der Waals surface area contributed by atoms with Gasteiger partial charge in [-0.3, -0.25) is 0 Å². The van der Waals surface area contributed by atoms with Crippen molar-refractivity contribution in [2.24, 2.45) is 0 Å². The maximum atomic E-state index is 9.01. The summed E-state index contributed by atoms with van der Waals surface area (Å²) in [5.41, 5.74) is 3.30. The van der Waals surface area contributed by atoms with Crippen molar-refractivity contribution in [2.45, 2.75) is 6.92 Å². The van der Waals surface area contributed by atoms with Crippen LogP contribution in [-0.2, 0) is 0 Å². The Morgan fingerprint density at radius 2 is 1.79 bits per heavy atom. The van der Waals surface area contributed by atoms with Crippen LogP contribution in [-0.4, -0.2) is 17.0 Å². The Morgan fingerprint density at radius 1 is 1.00 bits per heavy atom. The van der Waals surface area contributed by atoms with Crippen molar-refractivity contribution in [2.75, 3.05) is 17.3 Å². The molecule has 0 saturated heterocycles. The SMILES string of the molecule is Cc1cc(Nc2cccc(C#N)c2)nc(N(C)c2ccccc2)n1. The first-order chi connectivity index (χ1) is 11.7. The van der Waals surface area contributed by atoms with Gasteiger partial charge in [0.15, 0.2) is 0 Å². The quantitative estimate of drug-likeness (QED) is 0.783. The minimum atomic E-state index is 0.604. The summed E-state index contributed by atoms with van der Waals surface area (Å²) in [7, 11) is 1.93. The number of hydrogen-bond acceptors (Lipinski definition) is 5. The number of anilines is 4. The van der Waals surface area contributed by atoms with Crippen molar-refractivity contribution in [3.05, 3.63) is 71.9 Å². The molecule has 0 spiro atoms. The van der Waals surface area contributed by atoms with Gasteiger partial charge in [0.1, 0.15) is 5.82 Å². The minimum absolute atomic E-state index is 0.604. The van der Waals surface area contributed by atoms with Crippen LogP contribution in [0.15, 0.2) is 60.7 Å². The molecule has 1 heterocycles. The Bertz CT molecular complexity index is 884. The van der Waals surface area contributed by atoms with E-state index in [4.69, 9.17) is 5.26 Å². The summed E-state index contributed by atoms with van der Waals surface area (Å²) >= 11 is 0. The van der Waals surface area contributed by atoms with E-state index in [0.717, 1.165) is 17.1 Å². The fraction of sp³-hybridized carbons (Fsp3) is 0.105. The molecule has 0 fully saturated rings. The highest BCUT2D eigenvalue weighted by Crippen LogP contribution is 2.23. The summed E-state index contributed by atoms with van der Waals surface area (Å²) in [5.74, 6) is 1.30. The fourth-order valence-corrected chi connectivity index (χ4v) is 2.35. The number of nitriles is 1. The van der Waals surface area contributed by atoms with E-state index in [0.29, 0.717) is 17.3 Å². The molecule has 0 aliphatic carbocycles. The van der Waals surface area contributed by atoms with Crippen LogP contribution in [0.4, 0.5) is 23.1 Å². The summed E-state index contributed by atoms with van der Waals surface area (Å²) in [6, 6.07) is 21.3. The van der Waals surface area contributed by atoms with E-state index in [1.54, 1.807) is 12.1 Å². The Balaban J connectivity index is 1.90. The second-order valence-corrected chi connectivity index (χ2v) is 5.41. The zero-order chi connectivity index (χ0) is 16.9. The van der Waals surface area contributed by atoms with Crippen LogP contribution in [0.25, 0.3) is 0 Å². The molecule has 24 heavy (non-hydrogen) atoms. The molecule has 0 aliphatic heterocycles. The van der Waals surface area contributed by atoms with Gasteiger partial charge >= 0.3 is 0 Å². The predicted molar refractivity (Wildman–Crippen MR) is 95.7 cm³/mol. The van der Waals surface area contributed by atoms with Crippen molar-refractivity contribution >= 4 is 23.1 Å². The van der Waals surface area contributed by atoms with E-state index < -0.39 is 0 Å². The monoisotopic (exact) mass is 315 g/mol. The summed E-state index contributed by atoms with van der Waals surface area (Å²) in [6.07, 6.45) is 0. The molecule has 2 aromatic carbocycles. The van der Waals surface area contributed by atoms with E-state index in [-0.39, 0.29) is 0 Å². The van der Waals surface area contributed by atoms with Crippen molar-refractivity contribution in [3.8, 4) is 6.07 Å². The normalized spacial score (nSPS) is 10.0. The fourth-order valence-electron chi connectivity index (χ4n) is 2.35. The second-order valence-electron chi connectivity index (χ2n) is 5.41. The number of aryl methyl sites for hydroxylation is 1. The number of aromatic nitrogens is 2. The molecule has 5 nitrogen and oxygen atoms in total. The first-order valence-electron chi connectivity index (χ1n) is 7.57. The molecule has 118 valence electrons. The van der Waals surface area contributed by atoms with Gasteiger partial charge in [0.25, 0.3) is 0 Å². The lowest BCUT2D eigenvalue weighted by Crippen LogP contribution is -2.14. The molecule has 3 rings (SSSR count). The maximum Gasteiger partial charge on any atom is 0.231 e. The molecule has 5 heteroatoms. The molecule has 0 saturated carbocycles. The Kier molecular flexibility index (Phi) is 4.39. The highest BCUT2D eigenvalue weighted by Gasteiger charge is 2.09. The molecular weight excluding hydrogens is 298 g/mol. The number of nitrogens with one attached hydrogen (secondary N) is 1. The van der Waals surface area contributed by atoms with Gasteiger partial charge in [-0.1, -0.05) is 24.3 Å². The number of hydrogen-bond donors (Lipinski definition) is 1. The zero-order valence-electron chi connectivity index (χ0n) is 13.6. The van der Waals surface area contributed by atoms with Gasteiger partial charge in [-0.2, -0.15) is 10.2 Å². The van der Waals surface area contributed by atoms with Crippen LogP contribution < -0.4 is 10.2 Å². The lowest BCUT2D eigenvalue weighted by Gasteiger charge is -2.18. The smallest absolute Gasteiger partial charge is 0.231 e. The lowest BCUT2D eigenvalue weighted by molar-refractivity contribution is 1.02. The van der Waals surface area contributed by atoms with Crippen molar-refractivity contribution < 1.29 is 0 Å². The zero-order valence-corrected chi connectivity index (χ0v) is 13.6. The summed E-state index contributed by atoms with van der Waals surface area (Å²) < 4.78 is 0. The van der Waals surface area contributed by atoms with Crippen LogP contribution in [0.3, 0.4) is 0 Å². The highest BCUT2D eigenvalue weighted by atomic mass is 15.2. The number of para-hydroxylation sites is 1. The number of nitrogens with zero attached hydrogens (tertiary/aromatic N) is 4. The van der Waals surface area contributed by atoms with Crippen LogP contribution in [0.5, 0.6) is 0 Å². The molecule has 1 aromatic heterocycles. The highest BCUT2D eigenvalue weighted by molar-refractivity contribution is 5.62. The Hall–Kier alpha value is -3.39. The molecule has 0 atom stereocenters. The van der Waals surface area contributed by atoms with Crippen LogP contribution >= 0.6 is 0 Å². The van der Waals surface area contributed by atoms with E-state index >= 15 is 0 Å². The molecule has 0 aliphatic rings. The molecule has 0 unspecified atom stereocenters. The van der Waals surface area contributed by atoms with Gasteiger partial charge in [0.05, 0.1) is 11.6 Å². The van der Waals surface area contributed by atoms with Gasteiger partial charge in [0.2, 0.25) is 5.95 Å². The van der Waals surface area contributed by atoms with E-state index in [1.807, 2.05) is 67.4 Å². The van der Waals surface area contributed by atoms with Crippen LogP contribution in [0, 0.1) is 18.3 Å². The third-order valence-electron chi connectivity index (χ3n) is 3.55. The van der Waals surface area contributed by atoms with Gasteiger partial charge in [-0.15, -0.1) is 0 Å². The molecule has 3 aromatic rings. The van der Waals surface area contributed by atoms with Gasteiger partial charge < -0.3 is 10.2 Å². The third kappa shape index (κ3) is 3.50. The average Bonchev–Trinajstić information content (AvgIpc) is 2.61. The third-order valence-corrected chi connectivity index (χ3v) is 3.55. The summed E-state index contributed by atoms with van der Waals surface area (Å²) in [5, 5.41) is 12.2. The van der Waals surface area contributed by atoms with Gasteiger partial charge in [-0.05, 0) is 37.3 Å². The van der Waals surface area contributed by atoms with E-state index in [9.17, 15) is 0 Å². The largest absolute Gasteiger partial charge is 0.340 e. The number of rotatable bonds is 4. The first kappa shape index (κ1) is 15.5. The second kappa shape index (κ2) is 6.80. The number of benzene rings is 2. The van der Waals surface area contributed by atoms with Crippen molar-refractivity contribution in [1.82, 2.24) is 9.97 Å². The van der Waals surface area contributed by atoms with Crippen LogP contribution in [0.1, 0.15) is 11.3 Å². The van der Waals surface area contributed by atoms with Gasteiger partial charge in [0, 0.05) is 30.2 Å². The standard InChI is InChI=1S/C19H17N5/c1-14-11-18(22-16-8-6-7-15(12-16)13-20)23-19(21-14)24(2)17-9-4-3-5-10-17/h3-12H,1-2H3,(H,21,22,23). The van der Waals surface area contributed by atoms with Crippen LogP contribution in [0.2, 0.25) is 0 Å². The first-order valence-corrected chi connectivity index (χ1v) is 7.57. The van der Waals surface area contributed by atoms with E-state index in [1.165, 1.54) is 0 Å². The molecule has 0 radical (unpaired) electrons. The van der Waals surface area contributed by atoms with E-state index in [2.05, 4.69) is 21.4 Å². The molecule has 1 N–H and O–H groups in total. The average molecular weight is 315 g/mol. The molecule has 0 bridgehead atoms.